The Labute approximate surface area is 113 Å². The van der Waals surface area contributed by atoms with E-state index in [1.807, 2.05) is 31.2 Å². The molecule has 0 aliphatic carbocycles. The van der Waals surface area contributed by atoms with Gasteiger partial charge in [-0.1, -0.05) is 44.2 Å². The SMILES string of the molecule is Cc1cc(O)c(C(=O)c2ccccc2)cc1C(C)C. The minimum atomic E-state index is -0.139. The summed E-state index contributed by atoms with van der Waals surface area (Å²) in [6.07, 6.45) is 0. The highest BCUT2D eigenvalue weighted by molar-refractivity contribution is 6.10. The Kier molecular flexibility index (Phi) is 3.70. The zero-order chi connectivity index (χ0) is 14.0. The number of hydrogen-bond acceptors (Lipinski definition) is 2. The van der Waals surface area contributed by atoms with Crippen LogP contribution in [0, 0.1) is 6.92 Å². The van der Waals surface area contributed by atoms with Crippen LogP contribution in [0.1, 0.15) is 46.8 Å². The molecule has 19 heavy (non-hydrogen) atoms. The number of aromatic hydroxyl groups is 1. The van der Waals surface area contributed by atoms with E-state index in [1.54, 1.807) is 18.2 Å². The van der Waals surface area contributed by atoms with E-state index in [2.05, 4.69) is 13.8 Å². The Balaban J connectivity index is 2.51. The molecule has 2 aromatic carbocycles. The highest BCUT2D eigenvalue weighted by atomic mass is 16.3. The van der Waals surface area contributed by atoms with Gasteiger partial charge in [0, 0.05) is 5.56 Å². The fraction of sp³-hybridized carbons (Fsp3) is 0.235. The lowest BCUT2D eigenvalue weighted by Gasteiger charge is -2.13. The van der Waals surface area contributed by atoms with Gasteiger partial charge in [-0.05, 0) is 36.1 Å². The predicted molar refractivity (Wildman–Crippen MR) is 76.8 cm³/mol. The van der Waals surface area contributed by atoms with Crippen LogP contribution in [0.15, 0.2) is 42.5 Å². The van der Waals surface area contributed by atoms with Crippen molar-refractivity contribution in [3.05, 3.63) is 64.7 Å². The number of carbonyl (C=O) groups excluding carboxylic acids is 1. The van der Waals surface area contributed by atoms with Crippen molar-refractivity contribution in [2.75, 3.05) is 0 Å². The van der Waals surface area contributed by atoms with E-state index in [-0.39, 0.29) is 11.5 Å². The second-order valence-electron chi connectivity index (χ2n) is 5.08. The van der Waals surface area contributed by atoms with Gasteiger partial charge in [-0.3, -0.25) is 4.79 Å². The van der Waals surface area contributed by atoms with Gasteiger partial charge in [0.05, 0.1) is 5.56 Å². The highest BCUT2D eigenvalue weighted by Crippen LogP contribution is 2.28. The fourth-order valence-electron chi connectivity index (χ4n) is 2.26. The topological polar surface area (TPSA) is 37.3 Å². The molecule has 2 heteroatoms. The summed E-state index contributed by atoms with van der Waals surface area (Å²) in [4.78, 5) is 12.4. The quantitative estimate of drug-likeness (QED) is 0.839. The van der Waals surface area contributed by atoms with Crippen LogP contribution < -0.4 is 0 Å². The molecule has 0 saturated heterocycles. The summed E-state index contributed by atoms with van der Waals surface area (Å²) >= 11 is 0. The molecule has 0 saturated carbocycles. The summed E-state index contributed by atoms with van der Waals surface area (Å²) < 4.78 is 0. The smallest absolute Gasteiger partial charge is 0.196 e. The van der Waals surface area contributed by atoms with Gasteiger partial charge in [0.15, 0.2) is 5.78 Å². The van der Waals surface area contributed by atoms with Crippen molar-refractivity contribution in [1.29, 1.82) is 0 Å². The number of carbonyl (C=O) groups is 1. The maximum atomic E-state index is 12.4. The van der Waals surface area contributed by atoms with E-state index in [4.69, 9.17) is 0 Å². The zero-order valence-electron chi connectivity index (χ0n) is 11.5. The number of rotatable bonds is 3. The Morgan fingerprint density at radius 3 is 2.32 bits per heavy atom. The largest absolute Gasteiger partial charge is 0.507 e. The summed E-state index contributed by atoms with van der Waals surface area (Å²) in [6.45, 7) is 6.11. The van der Waals surface area contributed by atoms with E-state index >= 15 is 0 Å². The van der Waals surface area contributed by atoms with Crippen LogP contribution in [-0.2, 0) is 0 Å². The van der Waals surface area contributed by atoms with Gasteiger partial charge in [-0.25, -0.2) is 0 Å². The number of hydrogen-bond donors (Lipinski definition) is 1. The number of phenolic OH excluding ortho intramolecular Hbond substituents is 1. The van der Waals surface area contributed by atoms with E-state index in [9.17, 15) is 9.90 Å². The molecule has 1 N–H and O–H groups in total. The van der Waals surface area contributed by atoms with E-state index in [0.717, 1.165) is 11.1 Å². The van der Waals surface area contributed by atoms with Crippen molar-refractivity contribution < 1.29 is 9.90 Å². The first kappa shape index (κ1) is 13.3. The molecule has 0 unspecified atom stereocenters. The normalized spacial score (nSPS) is 10.7. The Hall–Kier alpha value is -2.09. The van der Waals surface area contributed by atoms with Crippen LogP contribution in [0.3, 0.4) is 0 Å². The summed E-state index contributed by atoms with van der Waals surface area (Å²) in [7, 11) is 0. The van der Waals surface area contributed by atoms with Gasteiger partial charge < -0.3 is 5.11 Å². The van der Waals surface area contributed by atoms with Crippen molar-refractivity contribution in [2.24, 2.45) is 0 Å². The summed E-state index contributed by atoms with van der Waals surface area (Å²) in [6, 6.07) is 12.5. The molecule has 0 radical (unpaired) electrons. The molecule has 0 aliphatic rings. The van der Waals surface area contributed by atoms with Gasteiger partial charge in [-0.2, -0.15) is 0 Å². The average Bonchev–Trinajstić information content (AvgIpc) is 2.38. The van der Waals surface area contributed by atoms with Crippen LogP contribution in [0.5, 0.6) is 5.75 Å². The van der Waals surface area contributed by atoms with Gasteiger partial charge in [0.25, 0.3) is 0 Å². The monoisotopic (exact) mass is 254 g/mol. The number of phenols is 1. The van der Waals surface area contributed by atoms with Crippen LogP contribution in [-0.4, -0.2) is 10.9 Å². The molecule has 2 rings (SSSR count). The zero-order valence-corrected chi connectivity index (χ0v) is 11.5. The van der Waals surface area contributed by atoms with Gasteiger partial charge in [0.1, 0.15) is 5.75 Å². The second-order valence-corrected chi connectivity index (χ2v) is 5.08. The van der Waals surface area contributed by atoms with Crippen LogP contribution in [0.25, 0.3) is 0 Å². The molecule has 0 fully saturated rings. The van der Waals surface area contributed by atoms with E-state index in [0.29, 0.717) is 17.0 Å². The molecule has 98 valence electrons. The standard InChI is InChI=1S/C17H18O2/c1-11(2)14-10-15(16(18)9-12(14)3)17(19)13-7-5-4-6-8-13/h4-11,18H,1-3H3. The van der Waals surface area contributed by atoms with Crippen LogP contribution >= 0.6 is 0 Å². The maximum absolute atomic E-state index is 12.4. The van der Waals surface area contributed by atoms with Crippen molar-refractivity contribution >= 4 is 5.78 Å². The molecular formula is C17H18O2. The minimum absolute atomic E-state index is 0.0516. The molecular weight excluding hydrogens is 236 g/mol. The predicted octanol–water partition coefficient (Wildman–Crippen LogP) is 4.06. The molecule has 2 nitrogen and oxygen atoms in total. The third-order valence-corrected chi connectivity index (χ3v) is 3.29. The van der Waals surface area contributed by atoms with Gasteiger partial charge in [-0.15, -0.1) is 0 Å². The van der Waals surface area contributed by atoms with Crippen LogP contribution in [0.2, 0.25) is 0 Å². The fourth-order valence-corrected chi connectivity index (χ4v) is 2.26. The first-order valence-electron chi connectivity index (χ1n) is 6.44. The van der Waals surface area contributed by atoms with Crippen molar-refractivity contribution in [3.8, 4) is 5.75 Å². The molecule has 2 aromatic rings. The Morgan fingerprint density at radius 2 is 1.74 bits per heavy atom. The average molecular weight is 254 g/mol. The van der Waals surface area contributed by atoms with E-state index in [1.165, 1.54) is 0 Å². The van der Waals surface area contributed by atoms with Gasteiger partial charge >= 0.3 is 0 Å². The molecule has 0 aromatic heterocycles. The maximum Gasteiger partial charge on any atom is 0.196 e. The first-order valence-corrected chi connectivity index (χ1v) is 6.44. The van der Waals surface area contributed by atoms with Crippen molar-refractivity contribution in [2.45, 2.75) is 26.7 Å². The lowest BCUT2D eigenvalue weighted by atomic mass is 9.92. The summed E-state index contributed by atoms with van der Waals surface area (Å²) in [5.74, 6) is 0.235. The molecule has 0 bridgehead atoms. The van der Waals surface area contributed by atoms with Crippen molar-refractivity contribution in [3.63, 3.8) is 0 Å². The summed E-state index contributed by atoms with van der Waals surface area (Å²) in [5, 5.41) is 10.0. The Bertz CT molecular complexity index is 598. The number of benzene rings is 2. The highest BCUT2D eigenvalue weighted by Gasteiger charge is 2.16. The molecule has 0 atom stereocenters. The molecule has 0 heterocycles. The minimum Gasteiger partial charge on any atom is -0.507 e. The second kappa shape index (κ2) is 5.27. The Morgan fingerprint density at radius 1 is 1.11 bits per heavy atom. The molecule has 0 spiro atoms. The van der Waals surface area contributed by atoms with Gasteiger partial charge in [0.2, 0.25) is 0 Å². The third kappa shape index (κ3) is 2.68. The molecule has 0 amide bonds. The summed E-state index contributed by atoms with van der Waals surface area (Å²) in [5.41, 5.74) is 3.08. The number of aryl methyl sites for hydroxylation is 1. The number of ketones is 1. The first-order chi connectivity index (χ1) is 9.00. The molecule has 0 aliphatic heterocycles. The lowest BCUT2D eigenvalue weighted by Crippen LogP contribution is -2.04. The van der Waals surface area contributed by atoms with Crippen molar-refractivity contribution in [1.82, 2.24) is 0 Å². The lowest BCUT2D eigenvalue weighted by molar-refractivity contribution is 0.103. The van der Waals surface area contributed by atoms with E-state index < -0.39 is 0 Å². The third-order valence-electron chi connectivity index (χ3n) is 3.29. The van der Waals surface area contributed by atoms with Crippen LogP contribution in [0.4, 0.5) is 0 Å².